The second kappa shape index (κ2) is 6.62. The number of carbonyl (C=O) groups is 1. The lowest BCUT2D eigenvalue weighted by atomic mass is 10.5. The first-order valence-corrected chi connectivity index (χ1v) is 4.40. The molecule has 90 valence electrons. The Labute approximate surface area is 86.4 Å². The molecule has 1 N–H and O–H groups in total. The number of amides is 1. The number of carbonyl (C=O) groups excluding carboxylic acids is 1. The second-order valence-electron chi connectivity index (χ2n) is 3.03. The SMILES string of the molecule is CNCCN(C)C(=O)COCC(F)(F)F. The second-order valence-corrected chi connectivity index (χ2v) is 3.03. The van der Waals surface area contributed by atoms with Crippen molar-refractivity contribution in [3.05, 3.63) is 0 Å². The number of alkyl halides is 3. The molecule has 0 aliphatic carbocycles. The highest BCUT2D eigenvalue weighted by Crippen LogP contribution is 2.14. The highest BCUT2D eigenvalue weighted by atomic mass is 19.4. The van der Waals surface area contributed by atoms with E-state index >= 15 is 0 Å². The van der Waals surface area contributed by atoms with Crippen molar-refractivity contribution in [1.82, 2.24) is 10.2 Å². The Morgan fingerprint density at radius 2 is 2.07 bits per heavy atom. The van der Waals surface area contributed by atoms with Gasteiger partial charge in [0.25, 0.3) is 0 Å². The molecule has 0 heterocycles. The van der Waals surface area contributed by atoms with Gasteiger partial charge < -0.3 is 15.0 Å². The normalized spacial score (nSPS) is 11.5. The first-order valence-electron chi connectivity index (χ1n) is 4.40. The Hall–Kier alpha value is -0.820. The molecule has 0 radical (unpaired) electrons. The van der Waals surface area contributed by atoms with Crippen molar-refractivity contribution in [3.63, 3.8) is 0 Å². The highest BCUT2D eigenvalue weighted by molar-refractivity contribution is 5.77. The van der Waals surface area contributed by atoms with Crippen molar-refractivity contribution in [2.45, 2.75) is 6.18 Å². The third kappa shape index (κ3) is 8.19. The standard InChI is InChI=1S/C8H15F3N2O2/c1-12-3-4-13(2)7(14)5-15-6-8(9,10)11/h12H,3-6H2,1-2H3. The van der Waals surface area contributed by atoms with Crippen LogP contribution in [0.1, 0.15) is 0 Å². The van der Waals surface area contributed by atoms with Crippen LogP contribution in [0.15, 0.2) is 0 Å². The Bertz CT molecular complexity index is 197. The van der Waals surface area contributed by atoms with Gasteiger partial charge in [0.15, 0.2) is 0 Å². The van der Waals surface area contributed by atoms with Crippen molar-refractivity contribution in [2.75, 3.05) is 40.4 Å². The number of ether oxygens (including phenoxy) is 1. The molecule has 0 bridgehead atoms. The van der Waals surface area contributed by atoms with E-state index in [9.17, 15) is 18.0 Å². The minimum absolute atomic E-state index is 0.435. The molecule has 0 fully saturated rings. The number of rotatable bonds is 6. The molecule has 0 spiro atoms. The lowest BCUT2D eigenvalue weighted by molar-refractivity contribution is -0.177. The van der Waals surface area contributed by atoms with E-state index in [1.54, 1.807) is 7.05 Å². The number of halogens is 3. The summed E-state index contributed by atoms with van der Waals surface area (Å²) in [4.78, 5) is 12.5. The van der Waals surface area contributed by atoms with Crippen LogP contribution < -0.4 is 5.32 Å². The first-order chi connectivity index (χ1) is 6.87. The van der Waals surface area contributed by atoms with E-state index in [0.29, 0.717) is 13.1 Å². The molecule has 0 aromatic carbocycles. The smallest absolute Gasteiger partial charge is 0.362 e. The molecule has 7 heteroatoms. The molecule has 4 nitrogen and oxygen atoms in total. The van der Waals surface area contributed by atoms with Crippen LogP contribution in [0.4, 0.5) is 13.2 Å². The number of nitrogens with zero attached hydrogens (tertiary/aromatic N) is 1. The first kappa shape index (κ1) is 14.2. The molecule has 0 atom stereocenters. The molecule has 1 amide bonds. The van der Waals surface area contributed by atoms with Crippen LogP contribution in [0.5, 0.6) is 0 Å². The van der Waals surface area contributed by atoms with Gasteiger partial charge in [-0.2, -0.15) is 13.2 Å². The number of hydrogen-bond acceptors (Lipinski definition) is 3. The minimum Gasteiger partial charge on any atom is -0.362 e. The van der Waals surface area contributed by atoms with E-state index in [0.717, 1.165) is 0 Å². The maximum Gasteiger partial charge on any atom is 0.411 e. The molecular formula is C8H15F3N2O2. The summed E-state index contributed by atoms with van der Waals surface area (Å²) in [5, 5.41) is 2.82. The van der Waals surface area contributed by atoms with Gasteiger partial charge in [-0.05, 0) is 7.05 Å². The summed E-state index contributed by atoms with van der Waals surface area (Å²) in [6, 6.07) is 0. The van der Waals surface area contributed by atoms with E-state index in [1.807, 2.05) is 0 Å². The fourth-order valence-corrected chi connectivity index (χ4v) is 0.768. The van der Waals surface area contributed by atoms with Crippen LogP contribution >= 0.6 is 0 Å². The summed E-state index contributed by atoms with van der Waals surface area (Å²) in [6.45, 7) is -0.912. The number of nitrogens with one attached hydrogen (secondary N) is 1. The van der Waals surface area contributed by atoms with Crippen molar-refractivity contribution < 1.29 is 22.7 Å². The quantitative estimate of drug-likeness (QED) is 0.708. The predicted octanol–water partition coefficient (Wildman–Crippen LogP) is 0.243. The summed E-state index contributed by atoms with van der Waals surface area (Å²) in [6.07, 6.45) is -4.39. The summed E-state index contributed by atoms with van der Waals surface area (Å²) < 4.78 is 39.2. The van der Waals surface area contributed by atoms with E-state index in [4.69, 9.17) is 0 Å². The van der Waals surface area contributed by atoms with Gasteiger partial charge in [-0.3, -0.25) is 4.79 Å². The molecule has 0 aromatic heterocycles. The van der Waals surface area contributed by atoms with E-state index < -0.39 is 25.3 Å². The fourth-order valence-electron chi connectivity index (χ4n) is 0.768. The van der Waals surface area contributed by atoms with Gasteiger partial charge in [0.2, 0.25) is 5.91 Å². The summed E-state index contributed by atoms with van der Waals surface area (Å²) in [5.74, 6) is -0.463. The molecule has 0 aromatic rings. The monoisotopic (exact) mass is 228 g/mol. The van der Waals surface area contributed by atoms with Crippen molar-refractivity contribution in [1.29, 1.82) is 0 Å². The Morgan fingerprint density at radius 1 is 1.47 bits per heavy atom. The fraction of sp³-hybridized carbons (Fsp3) is 0.875. The van der Waals surface area contributed by atoms with Crippen LogP contribution in [0.3, 0.4) is 0 Å². The highest BCUT2D eigenvalue weighted by Gasteiger charge is 2.27. The van der Waals surface area contributed by atoms with E-state index in [-0.39, 0.29) is 0 Å². The largest absolute Gasteiger partial charge is 0.411 e. The van der Waals surface area contributed by atoms with Gasteiger partial charge in [-0.1, -0.05) is 0 Å². The zero-order chi connectivity index (χ0) is 11.9. The van der Waals surface area contributed by atoms with Gasteiger partial charge >= 0.3 is 6.18 Å². The van der Waals surface area contributed by atoms with E-state index in [2.05, 4.69) is 10.1 Å². The third-order valence-corrected chi connectivity index (χ3v) is 1.61. The minimum atomic E-state index is -4.39. The number of likely N-dealkylation sites (N-methyl/N-ethyl adjacent to an activating group) is 2. The van der Waals surface area contributed by atoms with Crippen molar-refractivity contribution in [3.8, 4) is 0 Å². The van der Waals surface area contributed by atoms with Crippen LogP contribution in [0, 0.1) is 0 Å². The molecule has 0 unspecified atom stereocenters. The molecule has 0 aliphatic heterocycles. The summed E-state index contributed by atoms with van der Waals surface area (Å²) >= 11 is 0. The van der Waals surface area contributed by atoms with Gasteiger partial charge in [0.1, 0.15) is 13.2 Å². The maximum absolute atomic E-state index is 11.6. The Morgan fingerprint density at radius 3 is 2.53 bits per heavy atom. The van der Waals surface area contributed by atoms with E-state index in [1.165, 1.54) is 11.9 Å². The maximum atomic E-state index is 11.6. The van der Waals surface area contributed by atoms with Gasteiger partial charge in [-0.15, -0.1) is 0 Å². The third-order valence-electron chi connectivity index (χ3n) is 1.61. The van der Waals surface area contributed by atoms with Crippen LogP contribution in [0.25, 0.3) is 0 Å². The van der Waals surface area contributed by atoms with Crippen LogP contribution in [-0.4, -0.2) is 57.4 Å². The predicted molar refractivity (Wildman–Crippen MR) is 48.4 cm³/mol. The van der Waals surface area contributed by atoms with Gasteiger partial charge in [0.05, 0.1) is 0 Å². The molecule has 0 saturated carbocycles. The molecule has 15 heavy (non-hydrogen) atoms. The molecule has 0 aliphatic rings. The number of hydrogen-bond donors (Lipinski definition) is 1. The average Bonchev–Trinajstić information content (AvgIpc) is 2.11. The zero-order valence-corrected chi connectivity index (χ0v) is 8.73. The average molecular weight is 228 g/mol. The molecular weight excluding hydrogens is 213 g/mol. The molecule has 0 rings (SSSR count). The van der Waals surface area contributed by atoms with Gasteiger partial charge in [-0.25, -0.2) is 0 Å². The van der Waals surface area contributed by atoms with Crippen molar-refractivity contribution in [2.24, 2.45) is 0 Å². The van der Waals surface area contributed by atoms with Gasteiger partial charge in [0, 0.05) is 20.1 Å². The topological polar surface area (TPSA) is 41.6 Å². The Balaban J connectivity index is 3.64. The lowest BCUT2D eigenvalue weighted by Crippen LogP contribution is -2.36. The zero-order valence-electron chi connectivity index (χ0n) is 8.73. The van der Waals surface area contributed by atoms with Crippen molar-refractivity contribution >= 4 is 5.91 Å². The summed E-state index contributed by atoms with van der Waals surface area (Å²) in [5.41, 5.74) is 0. The van der Waals surface area contributed by atoms with Crippen LogP contribution in [0.2, 0.25) is 0 Å². The molecule has 0 saturated heterocycles. The Kier molecular flexibility index (Phi) is 6.26. The summed E-state index contributed by atoms with van der Waals surface area (Å²) in [7, 11) is 3.23. The van der Waals surface area contributed by atoms with Crippen LogP contribution in [-0.2, 0) is 9.53 Å². The lowest BCUT2D eigenvalue weighted by Gasteiger charge is -2.17.